The quantitative estimate of drug-likeness (QED) is 0.630. The monoisotopic (exact) mass is 288 g/mol. The van der Waals surface area contributed by atoms with Crippen LogP contribution in [0.1, 0.15) is 11.1 Å². The fraction of sp³-hybridized carbons (Fsp3) is 0.200. The maximum atomic E-state index is 2.47. The Kier molecular flexibility index (Phi) is 2.80. The van der Waals surface area contributed by atoms with E-state index in [1.807, 2.05) is 0 Å². The van der Waals surface area contributed by atoms with E-state index in [1.54, 1.807) is 21.7 Å². The second-order valence-corrected chi connectivity index (χ2v) is 11.0. The number of benzene rings is 3. The van der Waals surface area contributed by atoms with Gasteiger partial charge in [0.25, 0.3) is 0 Å². The van der Waals surface area contributed by atoms with Crippen LogP contribution in [0.4, 0.5) is 0 Å². The van der Waals surface area contributed by atoms with Crippen LogP contribution in [0.3, 0.4) is 0 Å². The summed E-state index contributed by atoms with van der Waals surface area (Å²) in [5.41, 5.74) is 3.09. The Morgan fingerprint density at radius 2 is 1.43 bits per heavy atom. The first kappa shape index (κ1) is 12.8. The lowest BCUT2D eigenvalue weighted by Crippen LogP contribution is -2.53. The van der Waals surface area contributed by atoms with E-state index in [-0.39, 0.29) is 0 Å². The summed E-state index contributed by atoms with van der Waals surface area (Å²) < 4.78 is 0. The smallest absolute Gasteiger partial charge is 0.0626 e. The molecule has 0 saturated carbocycles. The molecule has 1 aliphatic carbocycles. The van der Waals surface area contributed by atoms with Crippen LogP contribution in [0.25, 0.3) is 10.8 Å². The topological polar surface area (TPSA) is 0 Å². The van der Waals surface area contributed by atoms with Gasteiger partial charge in [-0.3, -0.25) is 0 Å². The summed E-state index contributed by atoms with van der Waals surface area (Å²) in [7, 11) is -1.64. The maximum Gasteiger partial charge on any atom is 0.113 e. The van der Waals surface area contributed by atoms with Crippen LogP contribution >= 0.6 is 0 Å². The Bertz CT molecular complexity index is 806. The molecule has 3 aromatic rings. The highest BCUT2D eigenvalue weighted by molar-refractivity contribution is 7.01. The molecule has 4 rings (SSSR count). The Labute approximate surface area is 127 Å². The average Bonchev–Trinajstić information content (AvgIpc) is 2.94. The summed E-state index contributed by atoms with van der Waals surface area (Å²) in [5, 5.41) is 6.15. The van der Waals surface area contributed by atoms with Crippen molar-refractivity contribution in [3.63, 3.8) is 0 Å². The van der Waals surface area contributed by atoms with E-state index < -0.39 is 8.07 Å². The molecule has 1 heteroatoms. The molecule has 0 unspecified atom stereocenters. The molecule has 0 bridgehead atoms. The van der Waals surface area contributed by atoms with Crippen LogP contribution in [-0.4, -0.2) is 8.07 Å². The average molecular weight is 288 g/mol. The molecule has 0 amide bonds. The second-order valence-electron chi connectivity index (χ2n) is 6.60. The molecule has 1 aliphatic rings. The first-order valence-corrected chi connectivity index (χ1v) is 10.8. The number of hydrogen-bond donors (Lipinski definition) is 0. The molecule has 0 saturated heterocycles. The third-order valence-corrected chi connectivity index (χ3v) is 8.61. The van der Waals surface area contributed by atoms with Gasteiger partial charge >= 0.3 is 0 Å². The lowest BCUT2D eigenvalue weighted by atomic mass is 10.1. The van der Waals surface area contributed by atoms with Gasteiger partial charge in [-0.25, -0.2) is 0 Å². The largest absolute Gasteiger partial charge is 0.113 e. The zero-order chi connectivity index (χ0) is 14.4. The Morgan fingerprint density at radius 1 is 0.714 bits per heavy atom. The van der Waals surface area contributed by atoms with Crippen LogP contribution in [-0.2, 0) is 12.8 Å². The van der Waals surface area contributed by atoms with Crippen molar-refractivity contribution >= 4 is 29.2 Å². The van der Waals surface area contributed by atoms with E-state index in [0.717, 1.165) is 0 Å². The van der Waals surface area contributed by atoms with E-state index in [1.165, 1.54) is 23.4 Å². The predicted octanol–water partition coefficient (Wildman–Crippen LogP) is 3.76. The van der Waals surface area contributed by atoms with Crippen molar-refractivity contribution < 1.29 is 0 Å². The SMILES string of the molecule is C[Si](C)(c1ccccc1)c1ccc2c3c(cccc13)CC2. The Morgan fingerprint density at radius 3 is 2.19 bits per heavy atom. The normalized spacial score (nSPS) is 13.8. The molecule has 104 valence electrons. The van der Waals surface area contributed by atoms with Gasteiger partial charge in [0.1, 0.15) is 8.07 Å². The van der Waals surface area contributed by atoms with E-state index >= 15 is 0 Å². The van der Waals surface area contributed by atoms with Gasteiger partial charge in [0, 0.05) is 0 Å². The van der Waals surface area contributed by atoms with Gasteiger partial charge in [-0.2, -0.15) is 0 Å². The second kappa shape index (κ2) is 4.57. The van der Waals surface area contributed by atoms with Crippen molar-refractivity contribution in [2.75, 3.05) is 0 Å². The molecule has 0 fully saturated rings. The van der Waals surface area contributed by atoms with E-state index in [9.17, 15) is 0 Å². The minimum absolute atomic E-state index is 1.21. The molecule has 0 aliphatic heterocycles. The standard InChI is InChI=1S/C20H20Si/c1-21(2,17-8-4-3-5-9-17)19-14-13-16-12-11-15-7-6-10-18(19)20(15)16/h3-10,13-14H,11-12H2,1-2H3. The number of rotatable bonds is 2. The van der Waals surface area contributed by atoms with Gasteiger partial charge in [-0.05, 0) is 39.9 Å². The zero-order valence-electron chi connectivity index (χ0n) is 12.7. The Hall–Kier alpha value is -1.86. The predicted molar refractivity (Wildman–Crippen MR) is 94.5 cm³/mol. The molecular formula is C20H20Si. The van der Waals surface area contributed by atoms with Crippen LogP contribution in [0.15, 0.2) is 60.7 Å². The highest BCUT2D eigenvalue weighted by atomic mass is 28.3. The molecule has 0 heterocycles. The third-order valence-electron chi connectivity index (χ3n) is 5.05. The minimum Gasteiger partial charge on any atom is -0.0626 e. The van der Waals surface area contributed by atoms with Gasteiger partial charge in [0.05, 0.1) is 0 Å². The summed E-state index contributed by atoms with van der Waals surface area (Å²) in [6, 6.07) is 22.7. The van der Waals surface area contributed by atoms with E-state index in [4.69, 9.17) is 0 Å². The van der Waals surface area contributed by atoms with Crippen LogP contribution in [0.5, 0.6) is 0 Å². The fourth-order valence-corrected chi connectivity index (χ4v) is 6.52. The summed E-state index contributed by atoms with van der Waals surface area (Å²) in [6.45, 7) is 4.95. The van der Waals surface area contributed by atoms with Crippen molar-refractivity contribution in [3.05, 3.63) is 71.8 Å². The molecule has 0 radical (unpaired) electrons. The molecule has 0 nitrogen and oxygen atoms in total. The van der Waals surface area contributed by atoms with Crippen molar-refractivity contribution in [2.24, 2.45) is 0 Å². The molecule has 0 atom stereocenters. The zero-order valence-corrected chi connectivity index (χ0v) is 13.7. The first-order chi connectivity index (χ1) is 10.2. The van der Waals surface area contributed by atoms with Crippen molar-refractivity contribution in [3.8, 4) is 0 Å². The van der Waals surface area contributed by atoms with Gasteiger partial charge in [-0.15, -0.1) is 0 Å². The van der Waals surface area contributed by atoms with Crippen molar-refractivity contribution in [1.82, 2.24) is 0 Å². The minimum atomic E-state index is -1.64. The van der Waals surface area contributed by atoms with Gasteiger partial charge in [-0.1, -0.05) is 78.9 Å². The Balaban J connectivity index is 2.00. The fourth-order valence-electron chi connectivity index (χ4n) is 3.80. The van der Waals surface area contributed by atoms with Crippen molar-refractivity contribution in [2.45, 2.75) is 25.9 Å². The molecular weight excluding hydrogens is 268 g/mol. The van der Waals surface area contributed by atoms with Gasteiger partial charge < -0.3 is 0 Å². The molecule has 0 spiro atoms. The number of hydrogen-bond acceptors (Lipinski definition) is 0. The highest BCUT2D eigenvalue weighted by Gasteiger charge is 2.29. The van der Waals surface area contributed by atoms with Crippen LogP contribution in [0, 0.1) is 0 Å². The third kappa shape index (κ3) is 1.88. The molecule has 0 aromatic heterocycles. The molecule has 0 N–H and O–H groups in total. The number of aryl methyl sites for hydroxylation is 2. The molecule has 21 heavy (non-hydrogen) atoms. The van der Waals surface area contributed by atoms with E-state index in [2.05, 4.69) is 73.8 Å². The van der Waals surface area contributed by atoms with Crippen LogP contribution in [0.2, 0.25) is 13.1 Å². The summed E-state index contributed by atoms with van der Waals surface area (Å²) in [5.74, 6) is 0. The van der Waals surface area contributed by atoms with Gasteiger partial charge in [0.2, 0.25) is 0 Å². The maximum absolute atomic E-state index is 2.47. The molecule has 3 aromatic carbocycles. The summed E-state index contributed by atoms with van der Waals surface area (Å²) >= 11 is 0. The van der Waals surface area contributed by atoms with Crippen molar-refractivity contribution in [1.29, 1.82) is 0 Å². The lowest BCUT2D eigenvalue weighted by molar-refractivity contribution is 1.02. The first-order valence-electron chi connectivity index (χ1n) is 7.77. The van der Waals surface area contributed by atoms with Gasteiger partial charge in [0.15, 0.2) is 0 Å². The van der Waals surface area contributed by atoms with E-state index in [0.29, 0.717) is 0 Å². The summed E-state index contributed by atoms with van der Waals surface area (Å²) in [4.78, 5) is 0. The van der Waals surface area contributed by atoms with Crippen LogP contribution < -0.4 is 10.4 Å². The lowest BCUT2D eigenvalue weighted by Gasteiger charge is -2.26. The summed E-state index contributed by atoms with van der Waals surface area (Å²) in [6.07, 6.45) is 2.42. The highest BCUT2D eigenvalue weighted by Crippen LogP contribution is 2.30.